The van der Waals surface area contributed by atoms with Gasteiger partial charge in [0.2, 0.25) is 10.0 Å². The molecule has 26 heavy (non-hydrogen) atoms. The van der Waals surface area contributed by atoms with Crippen LogP contribution in [0.2, 0.25) is 0 Å². The summed E-state index contributed by atoms with van der Waals surface area (Å²) >= 11 is 5.33. The minimum Gasteiger partial charge on any atom is -0.495 e. The van der Waals surface area contributed by atoms with Gasteiger partial charge >= 0.3 is 0 Å². The first kappa shape index (κ1) is 19.3. The molecule has 0 aliphatic carbocycles. The van der Waals surface area contributed by atoms with Gasteiger partial charge in [0.1, 0.15) is 5.75 Å². The Labute approximate surface area is 160 Å². The van der Waals surface area contributed by atoms with Crippen LogP contribution in [0.3, 0.4) is 0 Å². The van der Waals surface area contributed by atoms with Crippen LogP contribution in [0.25, 0.3) is 0 Å². The third-order valence-electron chi connectivity index (χ3n) is 4.64. The second kappa shape index (κ2) is 8.51. The van der Waals surface area contributed by atoms with Crippen LogP contribution in [0, 0.1) is 0 Å². The Balaban J connectivity index is 1.71. The van der Waals surface area contributed by atoms with E-state index in [4.69, 9.17) is 21.7 Å². The highest BCUT2D eigenvalue weighted by Gasteiger charge is 2.28. The lowest BCUT2D eigenvalue weighted by atomic mass is 10.2. The van der Waals surface area contributed by atoms with Crippen LogP contribution in [-0.4, -0.2) is 57.3 Å². The number of ether oxygens (including phenoxy) is 2. The number of anilines is 1. The molecular weight excluding hydrogens is 374 g/mol. The fourth-order valence-corrected chi connectivity index (χ4v) is 4.94. The van der Waals surface area contributed by atoms with Gasteiger partial charge in [-0.3, -0.25) is 0 Å². The molecule has 0 saturated carbocycles. The zero-order valence-electron chi connectivity index (χ0n) is 14.9. The quantitative estimate of drug-likeness (QED) is 0.708. The van der Waals surface area contributed by atoms with E-state index >= 15 is 0 Å². The lowest BCUT2D eigenvalue weighted by Gasteiger charge is -2.19. The molecule has 2 aliphatic rings. The summed E-state index contributed by atoms with van der Waals surface area (Å²) in [4.78, 5) is 0.240. The van der Waals surface area contributed by atoms with Crippen LogP contribution in [0.5, 0.6) is 5.75 Å². The monoisotopic (exact) mass is 399 g/mol. The first-order chi connectivity index (χ1) is 12.5. The van der Waals surface area contributed by atoms with Gasteiger partial charge in [0, 0.05) is 26.2 Å². The van der Waals surface area contributed by atoms with Gasteiger partial charge in [-0.2, -0.15) is 4.31 Å². The summed E-state index contributed by atoms with van der Waals surface area (Å²) in [5, 5.41) is 6.57. The highest BCUT2D eigenvalue weighted by atomic mass is 32.2. The van der Waals surface area contributed by atoms with Gasteiger partial charge in [-0.15, -0.1) is 0 Å². The summed E-state index contributed by atoms with van der Waals surface area (Å²) in [5.74, 6) is 0.534. The predicted octanol–water partition coefficient (Wildman–Crippen LogP) is 1.95. The van der Waals surface area contributed by atoms with Crippen molar-refractivity contribution in [2.45, 2.75) is 36.7 Å². The van der Waals surface area contributed by atoms with E-state index in [1.807, 2.05) is 0 Å². The van der Waals surface area contributed by atoms with Crippen molar-refractivity contribution in [2.24, 2.45) is 0 Å². The molecule has 144 valence electrons. The zero-order valence-corrected chi connectivity index (χ0v) is 16.5. The Kier molecular flexibility index (Phi) is 6.33. The number of sulfonamides is 1. The van der Waals surface area contributed by atoms with Crippen molar-refractivity contribution in [3.05, 3.63) is 18.2 Å². The van der Waals surface area contributed by atoms with Crippen LogP contribution < -0.4 is 15.4 Å². The number of nitrogens with one attached hydrogen (secondary N) is 2. The van der Waals surface area contributed by atoms with Crippen molar-refractivity contribution in [2.75, 3.05) is 38.7 Å². The zero-order chi connectivity index (χ0) is 18.6. The summed E-state index contributed by atoms with van der Waals surface area (Å²) < 4.78 is 37.9. The summed E-state index contributed by atoms with van der Waals surface area (Å²) in [6.07, 6.45) is 4.05. The number of hydrogen-bond donors (Lipinski definition) is 2. The highest BCUT2D eigenvalue weighted by molar-refractivity contribution is 7.89. The second-order valence-electron chi connectivity index (χ2n) is 6.44. The smallest absolute Gasteiger partial charge is 0.243 e. The summed E-state index contributed by atoms with van der Waals surface area (Å²) in [5.41, 5.74) is 0.526. The largest absolute Gasteiger partial charge is 0.495 e. The van der Waals surface area contributed by atoms with E-state index in [9.17, 15) is 8.42 Å². The van der Waals surface area contributed by atoms with Crippen LogP contribution >= 0.6 is 12.2 Å². The Morgan fingerprint density at radius 2 is 2.12 bits per heavy atom. The summed E-state index contributed by atoms with van der Waals surface area (Å²) in [6.45, 7) is 2.55. The van der Waals surface area contributed by atoms with Crippen molar-refractivity contribution in [3.63, 3.8) is 0 Å². The molecule has 2 saturated heterocycles. The van der Waals surface area contributed by atoms with E-state index in [0.717, 1.165) is 32.3 Å². The number of methoxy groups -OCH3 is 1. The predicted molar refractivity (Wildman–Crippen MR) is 104 cm³/mol. The average molecular weight is 400 g/mol. The molecule has 1 atom stereocenters. The molecule has 2 heterocycles. The van der Waals surface area contributed by atoms with Crippen molar-refractivity contribution in [3.8, 4) is 5.75 Å². The minimum atomic E-state index is -3.49. The lowest BCUT2D eigenvalue weighted by Crippen LogP contribution is -2.35. The number of rotatable bonds is 6. The van der Waals surface area contributed by atoms with E-state index in [-0.39, 0.29) is 11.0 Å². The van der Waals surface area contributed by atoms with E-state index in [2.05, 4.69) is 10.6 Å². The Hall–Kier alpha value is -1.42. The van der Waals surface area contributed by atoms with Gasteiger partial charge in [0.25, 0.3) is 0 Å². The van der Waals surface area contributed by atoms with Crippen molar-refractivity contribution >= 4 is 33.0 Å². The second-order valence-corrected chi connectivity index (χ2v) is 8.79. The molecule has 7 nitrogen and oxygen atoms in total. The van der Waals surface area contributed by atoms with Crippen molar-refractivity contribution in [1.82, 2.24) is 9.62 Å². The highest BCUT2D eigenvalue weighted by Crippen LogP contribution is 2.30. The van der Waals surface area contributed by atoms with E-state index in [0.29, 0.717) is 36.2 Å². The Morgan fingerprint density at radius 3 is 2.77 bits per heavy atom. The number of hydrogen-bond acceptors (Lipinski definition) is 5. The van der Waals surface area contributed by atoms with Gasteiger partial charge in [0.15, 0.2) is 5.11 Å². The van der Waals surface area contributed by atoms with Gasteiger partial charge in [-0.25, -0.2) is 8.42 Å². The van der Waals surface area contributed by atoms with Crippen molar-refractivity contribution in [1.29, 1.82) is 0 Å². The molecule has 2 fully saturated rings. The molecule has 2 aliphatic heterocycles. The fraction of sp³-hybridized carbons (Fsp3) is 0.588. The van der Waals surface area contributed by atoms with Gasteiger partial charge < -0.3 is 20.1 Å². The standard InChI is InChI=1S/C17H25N3O4S2/c1-23-16-7-6-14(26(21,22)20-8-2-3-9-20)11-15(16)19-17(25)18-12-13-5-4-10-24-13/h6-7,11,13H,2-5,8-10,12H2,1H3,(H2,18,19,25)/t13-/m0/s1. The van der Waals surface area contributed by atoms with E-state index in [1.165, 1.54) is 11.4 Å². The van der Waals surface area contributed by atoms with Crippen molar-refractivity contribution < 1.29 is 17.9 Å². The summed E-state index contributed by atoms with van der Waals surface area (Å²) in [7, 11) is -1.95. The first-order valence-electron chi connectivity index (χ1n) is 8.85. The maximum absolute atomic E-state index is 12.8. The van der Waals surface area contributed by atoms with Gasteiger partial charge in [-0.05, 0) is 56.1 Å². The third-order valence-corrected chi connectivity index (χ3v) is 6.78. The maximum Gasteiger partial charge on any atom is 0.243 e. The SMILES string of the molecule is COc1ccc(S(=O)(=O)N2CCCC2)cc1NC(=S)NC[C@@H]1CCCO1. The Morgan fingerprint density at radius 1 is 1.35 bits per heavy atom. The molecule has 1 aromatic rings. The van der Waals surface area contributed by atoms with Gasteiger partial charge in [-0.1, -0.05) is 0 Å². The van der Waals surface area contributed by atoms with E-state index < -0.39 is 10.0 Å². The molecule has 0 bridgehead atoms. The third kappa shape index (κ3) is 4.46. The molecule has 0 spiro atoms. The Bertz CT molecular complexity index is 742. The van der Waals surface area contributed by atoms with Gasteiger partial charge in [0.05, 0.1) is 23.8 Å². The molecule has 0 amide bonds. The number of nitrogens with zero attached hydrogens (tertiary/aromatic N) is 1. The molecule has 9 heteroatoms. The van der Waals surface area contributed by atoms with E-state index in [1.54, 1.807) is 18.2 Å². The van der Waals surface area contributed by atoms with Crippen LogP contribution in [0.15, 0.2) is 23.1 Å². The molecular formula is C17H25N3O4S2. The molecule has 3 rings (SSSR count). The maximum atomic E-state index is 12.8. The minimum absolute atomic E-state index is 0.165. The number of thiocarbonyl (C=S) groups is 1. The fourth-order valence-electron chi connectivity index (χ4n) is 3.20. The van der Waals surface area contributed by atoms with Crippen LogP contribution in [-0.2, 0) is 14.8 Å². The van der Waals surface area contributed by atoms with Crippen LogP contribution in [0.4, 0.5) is 5.69 Å². The topological polar surface area (TPSA) is 79.9 Å². The van der Waals surface area contributed by atoms with Crippen LogP contribution in [0.1, 0.15) is 25.7 Å². The molecule has 0 radical (unpaired) electrons. The lowest BCUT2D eigenvalue weighted by molar-refractivity contribution is 0.114. The molecule has 0 unspecified atom stereocenters. The average Bonchev–Trinajstić information content (AvgIpc) is 3.33. The molecule has 1 aromatic carbocycles. The summed E-state index contributed by atoms with van der Waals surface area (Å²) in [6, 6.07) is 4.79. The first-order valence-corrected chi connectivity index (χ1v) is 10.7. The molecule has 0 aromatic heterocycles. The normalized spacial score (nSPS) is 20.9. The molecule has 2 N–H and O–H groups in total. The number of benzene rings is 1.